The molecule has 2 rings (SSSR count). The molecule has 0 aliphatic rings. The fourth-order valence-electron chi connectivity index (χ4n) is 1.56. The lowest BCUT2D eigenvalue weighted by atomic mass is 10.2. The van der Waals surface area contributed by atoms with Crippen molar-refractivity contribution >= 4 is 5.69 Å². The first-order valence-corrected chi connectivity index (χ1v) is 7.31. The molecule has 0 fully saturated rings. The summed E-state index contributed by atoms with van der Waals surface area (Å²) in [4.78, 5) is 0. The molecule has 2 nitrogen and oxygen atoms in total. The molecule has 0 bridgehead atoms. The number of aryl methyl sites for hydroxylation is 1. The smallest absolute Gasteiger partial charge is 0.129 e. The van der Waals surface area contributed by atoms with Gasteiger partial charge in [0, 0.05) is 18.8 Å². The summed E-state index contributed by atoms with van der Waals surface area (Å²) < 4.78 is 5.74. The van der Waals surface area contributed by atoms with E-state index < -0.39 is 0 Å². The van der Waals surface area contributed by atoms with Crippen LogP contribution in [0.25, 0.3) is 0 Å². The van der Waals surface area contributed by atoms with Crippen LogP contribution in [0.3, 0.4) is 0 Å². The first kappa shape index (κ1) is 18.0. The minimum Gasteiger partial charge on any atom is -0.457 e. The summed E-state index contributed by atoms with van der Waals surface area (Å²) in [5.74, 6) is 1.70. The Morgan fingerprint density at radius 2 is 1.40 bits per heavy atom. The Kier molecular flexibility index (Phi) is 9.85. The first-order valence-electron chi connectivity index (χ1n) is 7.31. The van der Waals surface area contributed by atoms with Gasteiger partial charge in [-0.1, -0.05) is 52.0 Å². The largest absolute Gasteiger partial charge is 0.457 e. The van der Waals surface area contributed by atoms with Crippen LogP contribution in [-0.4, -0.2) is 7.05 Å². The highest BCUT2D eigenvalue weighted by molar-refractivity contribution is 5.54. The minimum atomic E-state index is 0.848. The van der Waals surface area contributed by atoms with Crippen LogP contribution in [0.1, 0.15) is 33.3 Å². The molecule has 0 unspecified atom stereocenters. The fraction of sp³-hybridized carbons (Fsp3) is 0.333. The number of benzene rings is 2. The Morgan fingerprint density at radius 3 is 1.95 bits per heavy atom. The molecule has 0 atom stereocenters. The molecule has 0 aliphatic heterocycles. The Balaban J connectivity index is 0.000000829. The van der Waals surface area contributed by atoms with E-state index in [1.165, 1.54) is 5.56 Å². The summed E-state index contributed by atoms with van der Waals surface area (Å²) in [7, 11) is 1.91. The zero-order chi connectivity index (χ0) is 15.4. The maximum Gasteiger partial charge on any atom is 0.129 e. The number of hydrogen-bond acceptors (Lipinski definition) is 2. The number of para-hydroxylation sites is 1. The van der Waals surface area contributed by atoms with Crippen LogP contribution in [0.2, 0.25) is 0 Å². The predicted molar refractivity (Wildman–Crippen MR) is 89.9 cm³/mol. The van der Waals surface area contributed by atoms with Gasteiger partial charge in [0.2, 0.25) is 0 Å². The molecule has 0 aliphatic carbocycles. The second kappa shape index (κ2) is 10.9. The van der Waals surface area contributed by atoms with Gasteiger partial charge in [0.15, 0.2) is 0 Å². The van der Waals surface area contributed by atoms with Crippen molar-refractivity contribution in [1.29, 1.82) is 0 Å². The van der Waals surface area contributed by atoms with Crippen molar-refractivity contribution in [3.63, 3.8) is 0 Å². The van der Waals surface area contributed by atoms with Crippen LogP contribution in [0.5, 0.6) is 11.5 Å². The molecule has 2 heteroatoms. The Bertz CT molecular complexity index is 466. The van der Waals surface area contributed by atoms with E-state index in [-0.39, 0.29) is 0 Å². The van der Waals surface area contributed by atoms with Crippen molar-refractivity contribution in [3.05, 3.63) is 54.1 Å². The van der Waals surface area contributed by atoms with Crippen molar-refractivity contribution in [3.8, 4) is 11.5 Å². The van der Waals surface area contributed by atoms with Gasteiger partial charge in [-0.25, -0.2) is 0 Å². The van der Waals surface area contributed by atoms with Crippen molar-refractivity contribution in [2.24, 2.45) is 0 Å². The lowest BCUT2D eigenvalue weighted by Gasteiger charge is -2.09. The van der Waals surface area contributed by atoms with Gasteiger partial charge in [0.25, 0.3) is 0 Å². The summed E-state index contributed by atoms with van der Waals surface area (Å²) in [6.07, 6.45) is 0. The molecule has 2 aromatic rings. The van der Waals surface area contributed by atoms with Crippen molar-refractivity contribution < 1.29 is 4.74 Å². The maximum atomic E-state index is 5.74. The molecule has 0 radical (unpaired) electrons. The summed E-state index contributed by atoms with van der Waals surface area (Å²) in [6, 6.07) is 15.8. The second-order valence-corrected chi connectivity index (χ2v) is 3.64. The Hall–Kier alpha value is -1.96. The molecule has 110 valence electrons. The third-order valence-electron chi connectivity index (χ3n) is 2.46. The summed E-state index contributed by atoms with van der Waals surface area (Å²) in [5.41, 5.74) is 2.30. The predicted octanol–water partition coefficient (Wildman–Crippen LogP) is 5.88. The molecular weight excluding hydrogens is 246 g/mol. The normalized spacial score (nSPS) is 8.50. The number of rotatable bonds is 3. The van der Waals surface area contributed by atoms with Gasteiger partial charge < -0.3 is 10.1 Å². The second-order valence-electron chi connectivity index (χ2n) is 3.64. The van der Waals surface area contributed by atoms with Crippen LogP contribution in [0.4, 0.5) is 5.69 Å². The molecule has 0 saturated carbocycles. The van der Waals surface area contributed by atoms with E-state index in [2.05, 4.69) is 12.2 Å². The molecule has 20 heavy (non-hydrogen) atoms. The van der Waals surface area contributed by atoms with E-state index in [0.29, 0.717) is 0 Å². The lowest BCUT2D eigenvalue weighted by molar-refractivity contribution is 0.483. The van der Waals surface area contributed by atoms with Gasteiger partial charge in [-0.05, 0) is 30.7 Å². The van der Waals surface area contributed by atoms with Crippen molar-refractivity contribution in [2.45, 2.75) is 34.6 Å². The zero-order valence-electron chi connectivity index (χ0n) is 13.5. The SMILES string of the molecule is CC.CC.CNc1cc(Oc2ccccc2)ccc1C. The molecule has 0 saturated heterocycles. The van der Waals surface area contributed by atoms with Gasteiger partial charge in [0.1, 0.15) is 11.5 Å². The van der Waals surface area contributed by atoms with Gasteiger partial charge in [-0.3, -0.25) is 0 Å². The van der Waals surface area contributed by atoms with E-state index >= 15 is 0 Å². The Labute approximate surface area is 123 Å². The van der Waals surface area contributed by atoms with E-state index in [1.807, 2.05) is 83.3 Å². The van der Waals surface area contributed by atoms with Gasteiger partial charge in [-0.2, -0.15) is 0 Å². The van der Waals surface area contributed by atoms with E-state index in [1.54, 1.807) is 0 Å². The standard InChI is InChI=1S/C14H15NO.2C2H6/c1-11-8-9-13(10-14(11)15-2)16-12-6-4-3-5-7-12;2*1-2/h3-10,15H,1-2H3;2*1-2H3. The maximum absolute atomic E-state index is 5.74. The highest BCUT2D eigenvalue weighted by atomic mass is 16.5. The molecule has 0 aromatic heterocycles. The fourth-order valence-corrected chi connectivity index (χ4v) is 1.56. The quantitative estimate of drug-likeness (QED) is 0.753. The average molecular weight is 273 g/mol. The number of hydrogen-bond donors (Lipinski definition) is 1. The number of anilines is 1. The van der Waals surface area contributed by atoms with Crippen LogP contribution in [-0.2, 0) is 0 Å². The van der Waals surface area contributed by atoms with Gasteiger partial charge in [-0.15, -0.1) is 0 Å². The van der Waals surface area contributed by atoms with Crippen LogP contribution < -0.4 is 10.1 Å². The zero-order valence-corrected chi connectivity index (χ0v) is 13.5. The van der Waals surface area contributed by atoms with Crippen molar-refractivity contribution in [1.82, 2.24) is 0 Å². The molecule has 2 aromatic carbocycles. The topological polar surface area (TPSA) is 21.3 Å². The summed E-state index contributed by atoms with van der Waals surface area (Å²) in [5, 5.41) is 3.14. The number of nitrogens with one attached hydrogen (secondary N) is 1. The third-order valence-corrected chi connectivity index (χ3v) is 2.46. The molecule has 0 heterocycles. The third kappa shape index (κ3) is 5.79. The molecule has 0 amide bonds. The lowest BCUT2D eigenvalue weighted by Crippen LogP contribution is -1.92. The van der Waals surface area contributed by atoms with E-state index in [9.17, 15) is 0 Å². The van der Waals surface area contributed by atoms with Crippen LogP contribution in [0, 0.1) is 6.92 Å². The molecule has 0 spiro atoms. The van der Waals surface area contributed by atoms with E-state index in [4.69, 9.17) is 4.74 Å². The average Bonchev–Trinajstić information content (AvgIpc) is 2.54. The minimum absolute atomic E-state index is 0.848. The summed E-state index contributed by atoms with van der Waals surface area (Å²) in [6.45, 7) is 10.1. The Morgan fingerprint density at radius 1 is 0.800 bits per heavy atom. The van der Waals surface area contributed by atoms with Gasteiger partial charge >= 0.3 is 0 Å². The molecule has 1 N–H and O–H groups in total. The van der Waals surface area contributed by atoms with Gasteiger partial charge in [0.05, 0.1) is 0 Å². The monoisotopic (exact) mass is 273 g/mol. The highest BCUT2D eigenvalue weighted by Crippen LogP contribution is 2.25. The first-order chi connectivity index (χ1) is 9.79. The van der Waals surface area contributed by atoms with Crippen LogP contribution in [0.15, 0.2) is 48.5 Å². The van der Waals surface area contributed by atoms with E-state index in [0.717, 1.165) is 17.2 Å². The molecular formula is C18H27NO. The summed E-state index contributed by atoms with van der Waals surface area (Å²) >= 11 is 0. The highest BCUT2D eigenvalue weighted by Gasteiger charge is 2.00. The van der Waals surface area contributed by atoms with Crippen molar-refractivity contribution in [2.75, 3.05) is 12.4 Å². The number of ether oxygens (including phenoxy) is 1. The van der Waals surface area contributed by atoms with Crippen LogP contribution >= 0.6 is 0 Å².